The Morgan fingerprint density at radius 1 is 1.40 bits per heavy atom. The molecule has 0 fully saturated rings. The summed E-state index contributed by atoms with van der Waals surface area (Å²) >= 11 is 5.94. The van der Waals surface area contributed by atoms with Gasteiger partial charge < -0.3 is 0 Å². The average Bonchev–Trinajstić information content (AvgIpc) is 2.64. The van der Waals surface area contributed by atoms with Crippen LogP contribution in [0.15, 0.2) is 30.5 Å². The summed E-state index contributed by atoms with van der Waals surface area (Å²) in [7, 11) is 1.86. The zero-order valence-electron chi connectivity index (χ0n) is 8.14. The standard InChI is InChI=1S/C11H9ClN2O/c1-14-11(4-5-13-14)8-2-3-9(7-15)10(12)6-8/h2-7H,1H3. The summed E-state index contributed by atoms with van der Waals surface area (Å²) in [6.07, 6.45) is 2.46. The van der Waals surface area contributed by atoms with Crippen LogP contribution in [0.2, 0.25) is 5.02 Å². The Balaban J connectivity index is 2.52. The molecule has 1 heterocycles. The van der Waals surface area contributed by atoms with E-state index in [4.69, 9.17) is 11.6 Å². The fourth-order valence-electron chi connectivity index (χ4n) is 1.44. The van der Waals surface area contributed by atoms with Gasteiger partial charge in [0, 0.05) is 24.4 Å². The van der Waals surface area contributed by atoms with E-state index in [0.29, 0.717) is 10.6 Å². The van der Waals surface area contributed by atoms with Crippen molar-refractivity contribution >= 4 is 17.9 Å². The third-order valence-electron chi connectivity index (χ3n) is 2.24. The van der Waals surface area contributed by atoms with Crippen molar-refractivity contribution in [1.82, 2.24) is 9.78 Å². The smallest absolute Gasteiger partial charge is 0.151 e. The van der Waals surface area contributed by atoms with Crippen LogP contribution in [0.3, 0.4) is 0 Å². The largest absolute Gasteiger partial charge is 0.298 e. The summed E-state index contributed by atoms with van der Waals surface area (Å²) < 4.78 is 1.76. The van der Waals surface area contributed by atoms with Gasteiger partial charge >= 0.3 is 0 Å². The molecule has 2 rings (SSSR count). The van der Waals surface area contributed by atoms with E-state index in [1.54, 1.807) is 23.0 Å². The van der Waals surface area contributed by atoms with Crippen LogP contribution < -0.4 is 0 Å². The number of benzene rings is 1. The molecule has 0 bridgehead atoms. The van der Waals surface area contributed by atoms with Gasteiger partial charge in [-0.25, -0.2) is 0 Å². The lowest BCUT2D eigenvalue weighted by molar-refractivity contribution is 0.112. The van der Waals surface area contributed by atoms with Crippen molar-refractivity contribution in [2.45, 2.75) is 0 Å². The number of aldehydes is 1. The lowest BCUT2D eigenvalue weighted by Gasteiger charge is -2.03. The molecule has 0 N–H and O–H groups in total. The number of aromatic nitrogens is 2. The summed E-state index contributed by atoms with van der Waals surface area (Å²) in [5, 5.41) is 4.53. The summed E-state index contributed by atoms with van der Waals surface area (Å²) in [6.45, 7) is 0. The molecule has 15 heavy (non-hydrogen) atoms. The minimum absolute atomic E-state index is 0.462. The number of rotatable bonds is 2. The Hall–Kier alpha value is -1.61. The summed E-state index contributed by atoms with van der Waals surface area (Å²) in [5.74, 6) is 0. The highest BCUT2D eigenvalue weighted by atomic mass is 35.5. The maximum atomic E-state index is 10.6. The van der Waals surface area contributed by atoms with E-state index in [1.165, 1.54) is 0 Å². The van der Waals surface area contributed by atoms with Crippen LogP contribution >= 0.6 is 11.6 Å². The average molecular weight is 221 g/mol. The fourth-order valence-corrected chi connectivity index (χ4v) is 1.66. The topological polar surface area (TPSA) is 34.9 Å². The molecule has 0 unspecified atom stereocenters. The van der Waals surface area contributed by atoms with Gasteiger partial charge in [0.25, 0.3) is 0 Å². The van der Waals surface area contributed by atoms with Crippen LogP contribution in [0.1, 0.15) is 10.4 Å². The minimum Gasteiger partial charge on any atom is -0.298 e. The molecule has 3 nitrogen and oxygen atoms in total. The van der Waals surface area contributed by atoms with Crippen molar-refractivity contribution in [3.05, 3.63) is 41.0 Å². The molecule has 0 saturated carbocycles. The van der Waals surface area contributed by atoms with Crippen LogP contribution in [-0.2, 0) is 7.05 Å². The Labute approximate surface area is 92.3 Å². The first-order valence-corrected chi connectivity index (χ1v) is 4.83. The van der Waals surface area contributed by atoms with E-state index in [9.17, 15) is 4.79 Å². The normalized spacial score (nSPS) is 10.3. The first kappa shape index (κ1) is 9.93. The summed E-state index contributed by atoms with van der Waals surface area (Å²) in [4.78, 5) is 10.6. The zero-order valence-corrected chi connectivity index (χ0v) is 8.90. The van der Waals surface area contributed by atoms with E-state index >= 15 is 0 Å². The molecule has 0 amide bonds. The van der Waals surface area contributed by atoms with Crippen LogP contribution in [0.25, 0.3) is 11.3 Å². The Morgan fingerprint density at radius 3 is 2.73 bits per heavy atom. The third kappa shape index (κ3) is 1.78. The molecule has 0 aliphatic rings. The van der Waals surface area contributed by atoms with Gasteiger partial charge in [0.15, 0.2) is 6.29 Å². The van der Waals surface area contributed by atoms with Gasteiger partial charge in [-0.1, -0.05) is 17.7 Å². The van der Waals surface area contributed by atoms with Gasteiger partial charge in [-0.05, 0) is 18.2 Å². The van der Waals surface area contributed by atoms with E-state index in [2.05, 4.69) is 5.10 Å². The lowest BCUT2D eigenvalue weighted by Crippen LogP contribution is -1.93. The van der Waals surface area contributed by atoms with Gasteiger partial charge in [-0.3, -0.25) is 9.48 Å². The molecule has 0 spiro atoms. The maximum absolute atomic E-state index is 10.6. The zero-order chi connectivity index (χ0) is 10.8. The van der Waals surface area contributed by atoms with Gasteiger partial charge in [-0.15, -0.1) is 0 Å². The number of nitrogens with zero attached hydrogens (tertiary/aromatic N) is 2. The number of carbonyl (C=O) groups is 1. The van der Waals surface area contributed by atoms with E-state index in [-0.39, 0.29) is 0 Å². The van der Waals surface area contributed by atoms with Gasteiger partial charge in [0.1, 0.15) is 0 Å². The van der Waals surface area contributed by atoms with Crippen molar-refractivity contribution in [2.24, 2.45) is 7.05 Å². The predicted octanol–water partition coefficient (Wildman–Crippen LogP) is 2.55. The molecule has 0 aliphatic carbocycles. The highest BCUT2D eigenvalue weighted by Crippen LogP contribution is 2.24. The number of halogens is 1. The van der Waals surface area contributed by atoms with Crippen molar-refractivity contribution in [1.29, 1.82) is 0 Å². The summed E-state index contributed by atoms with van der Waals surface area (Å²) in [6, 6.07) is 7.22. The van der Waals surface area contributed by atoms with Crippen LogP contribution in [0.5, 0.6) is 0 Å². The molecular formula is C11H9ClN2O. The SMILES string of the molecule is Cn1nccc1-c1ccc(C=O)c(Cl)c1. The molecule has 0 radical (unpaired) electrons. The molecular weight excluding hydrogens is 212 g/mol. The third-order valence-corrected chi connectivity index (χ3v) is 2.57. The quantitative estimate of drug-likeness (QED) is 0.729. The van der Waals surface area contributed by atoms with Gasteiger partial charge in [0.05, 0.1) is 10.7 Å². The fraction of sp³-hybridized carbons (Fsp3) is 0.0909. The number of carbonyl (C=O) groups excluding carboxylic acids is 1. The van der Waals surface area contributed by atoms with Crippen LogP contribution in [-0.4, -0.2) is 16.1 Å². The van der Waals surface area contributed by atoms with Crippen LogP contribution in [0, 0.1) is 0 Å². The molecule has 2 aromatic rings. The second kappa shape index (κ2) is 3.87. The van der Waals surface area contributed by atoms with E-state index < -0.39 is 0 Å². The number of aryl methyl sites for hydroxylation is 1. The Kier molecular flexibility index (Phi) is 2.56. The number of hydrogen-bond donors (Lipinski definition) is 0. The molecule has 0 saturated heterocycles. The van der Waals surface area contributed by atoms with E-state index in [1.807, 2.05) is 19.2 Å². The van der Waals surface area contributed by atoms with Crippen molar-refractivity contribution in [3.63, 3.8) is 0 Å². The van der Waals surface area contributed by atoms with Crippen LogP contribution in [0.4, 0.5) is 0 Å². The minimum atomic E-state index is 0.462. The molecule has 0 atom stereocenters. The second-order valence-electron chi connectivity index (χ2n) is 3.19. The van der Waals surface area contributed by atoms with E-state index in [0.717, 1.165) is 17.5 Å². The first-order valence-electron chi connectivity index (χ1n) is 4.45. The molecule has 4 heteroatoms. The van der Waals surface area contributed by atoms with Gasteiger partial charge in [-0.2, -0.15) is 5.10 Å². The van der Waals surface area contributed by atoms with Gasteiger partial charge in [0.2, 0.25) is 0 Å². The Morgan fingerprint density at radius 2 is 2.20 bits per heavy atom. The second-order valence-corrected chi connectivity index (χ2v) is 3.60. The highest BCUT2D eigenvalue weighted by molar-refractivity contribution is 6.33. The van der Waals surface area contributed by atoms with Crippen molar-refractivity contribution < 1.29 is 4.79 Å². The number of hydrogen-bond acceptors (Lipinski definition) is 2. The first-order chi connectivity index (χ1) is 7.22. The van der Waals surface area contributed by atoms with Crippen molar-refractivity contribution in [3.8, 4) is 11.3 Å². The molecule has 76 valence electrons. The predicted molar refractivity (Wildman–Crippen MR) is 59.0 cm³/mol. The molecule has 1 aromatic heterocycles. The summed E-state index contributed by atoms with van der Waals surface area (Å²) in [5.41, 5.74) is 2.42. The highest BCUT2D eigenvalue weighted by Gasteiger charge is 2.05. The van der Waals surface area contributed by atoms with Crippen molar-refractivity contribution in [2.75, 3.05) is 0 Å². The molecule has 1 aromatic carbocycles. The lowest BCUT2D eigenvalue weighted by atomic mass is 10.1. The maximum Gasteiger partial charge on any atom is 0.151 e. The Bertz CT molecular complexity index is 505. The molecule has 0 aliphatic heterocycles. The monoisotopic (exact) mass is 220 g/mol.